The monoisotopic (exact) mass is 370 g/mol. The Morgan fingerprint density at radius 3 is 2.32 bits per heavy atom. The number of hydrogen-bond donors (Lipinski definition) is 1. The molecule has 1 aliphatic rings. The second-order valence-electron chi connectivity index (χ2n) is 7.17. The number of nitrogens with one attached hydrogen (secondary N) is 1. The first-order chi connectivity index (χ1) is 13.6. The van der Waals surface area contributed by atoms with Gasteiger partial charge in [0.1, 0.15) is 0 Å². The molecule has 4 nitrogen and oxygen atoms in total. The van der Waals surface area contributed by atoms with E-state index in [2.05, 4.69) is 22.3 Å². The van der Waals surface area contributed by atoms with E-state index in [4.69, 9.17) is 0 Å². The lowest BCUT2D eigenvalue weighted by Gasteiger charge is -2.20. The van der Waals surface area contributed by atoms with E-state index in [1.807, 2.05) is 56.6 Å². The van der Waals surface area contributed by atoms with Crippen LogP contribution in [0.25, 0.3) is 11.1 Å². The first-order valence-corrected chi connectivity index (χ1v) is 9.38. The quantitative estimate of drug-likeness (QED) is 0.718. The van der Waals surface area contributed by atoms with Crippen molar-refractivity contribution in [2.75, 3.05) is 24.3 Å². The summed E-state index contributed by atoms with van der Waals surface area (Å²) in [6.45, 7) is 0. The molecule has 0 saturated heterocycles. The van der Waals surface area contributed by atoms with E-state index in [0.29, 0.717) is 29.7 Å². The van der Waals surface area contributed by atoms with E-state index in [1.54, 1.807) is 12.1 Å². The second kappa shape index (κ2) is 7.31. The summed E-state index contributed by atoms with van der Waals surface area (Å²) in [6, 6.07) is 21.1. The number of para-hydroxylation sites is 1. The molecule has 1 N–H and O–H groups in total. The molecule has 0 fully saturated rings. The molecule has 1 amide bonds. The largest absolute Gasteiger partial charge is 0.377 e. The predicted molar refractivity (Wildman–Crippen MR) is 113 cm³/mol. The average Bonchev–Trinajstić information content (AvgIpc) is 3.11. The number of rotatable bonds is 4. The molecule has 4 rings (SSSR count). The molecule has 0 aliphatic heterocycles. The van der Waals surface area contributed by atoms with E-state index in [1.165, 1.54) is 0 Å². The van der Waals surface area contributed by atoms with Gasteiger partial charge >= 0.3 is 0 Å². The lowest BCUT2D eigenvalue weighted by molar-refractivity contribution is 0.0995. The molecule has 140 valence electrons. The van der Waals surface area contributed by atoms with Crippen LogP contribution in [-0.2, 0) is 6.42 Å². The molecule has 4 heteroatoms. The summed E-state index contributed by atoms with van der Waals surface area (Å²) >= 11 is 0. The van der Waals surface area contributed by atoms with Crippen LogP contribution in [0.2, 0.25) is 0 Å². The minimum absolute atomic E-state index is 0.0857. The van der Waals surface area contributed by atoms with Gasteiger partial charge in [0.2, 0.25) is 0 Å². The molecule has 1 aliphatic carbocycles. The van der Waals surface area contributed by atoms with Crippen molar-refractivity contribution >= 4 is 23.1 Å². The highest BCUT2D eigenvalue weighted by molar-refractivity contribution is 6.12. The Morgan fingerprint density at radius 2 is 1.57 bits per heavy atom. The summed E-state index contributed by atoms with van der Waals surface area (Å²) in [4.78, 5) is 27.3. The van der Waals surface area contributed by atoms with E-state index in [9.17, 15) is 9.59 Å². The average molecular weight is 370 g/mol. The number of anilines is 2. The number of hydrogen-bond acceptors (Lipinski definition) is 3. The van der Waals surface area contributed by atoms with Gasteiger partial charge in [-0.3, -0.25) is 9.59 Å². The molecule has 3 aromatic rings. The van der Waals surface area contributed by atoms with Crippen molar-refractivity contribution in [3.8, 4) is 11.1 Å². The molecular formula is C24H22N2O2. The SMILES string of the molecule is CN(C)c1ccccc1-c1ccc(NC(=O)c2ccccc2)c2c1CCC2=O. The van der Waals surface area contributed by atoms with Crippen LogP contribution in [0.5, 0.6) is 0 Å². The van der Waals surface area contributed by atoms with Crippen molar-refractivity contribution < 1.29 is 9.59 Å². The molecule has 3 aromatic carbocycles. The molecule has 0 spiro atoms. The van der Waals surface area contributed by atoms with E-state index in [-0.39, 0.29) is 11.7 Å². The number of amides is 1. The number of benzene rings is 3. The molecular weight excluding hydrogens is 348 g/mol. The molecule has 28 heavy (non-hydrogen) atoms. The van der Waals surface area contributed by atoms with Crippen molar-refractivity contribution in [2.45, 2.75) is 12.8 Å². The summed E-state index contributed by atoms with van der Waals surface area (Å²) in [7, 11) is 4.03. The third kappa shape index (κ3) is 3.18. The summed E-state index contributed by atoms with van der Waals surface area (Å²) in [6.07, 6.45) is 1.17. The van der Waals surface area contributed by atoms with Crippen LogP contribution in [0, 0.1) is 0 Å². The first-order valence-electron chi connectivity index (χ1n) is 9.38. The molecule has 0 heterocycles. The Balaban J connectivity index is 1.78. The number of fused-ring (bicyclic) bond motifs is 1. The van der Waals surface area contributed by atoms with Gasteiger partial charge < -0.3 is 10.2 Å². The van der Waals surface area contributed by atoms with Crippen molar-refractivity contribution in [2.24, 2.45) is 0 Å². The van der Waals surface area contributed by atoms with Crippen molar-refractivity contribution in [3.63, 3.8) is 0 Å². The standard InChI is InChI=1S/C24H22N2O2/c1-26(2)21-11-7-6-10-18(21)17-12-14-20(23-19(17)13-15-22(23)27)25-24(28)16-8-4-3-5-9-16/h3-12,14H,13,15H2,1-2H3,(H,25,28). The highest BCUT2D eigenvalue weighted by Crippen LogP contribution is 2.40. The Labute approximate surface area is 164 Å². The number of Topliss-reactive ketones (excluding diaryl/α,β-unsaturated/α-hetero) is 1. The van der Waals surface area contributed by atoms with Gasteiger partial charge in [0.25, 0.3) is 5.91 Å². The number of nitrogens with zero attached hydrogens (tertiary/aromatic N) is 1. The molecule has 0 radical (unpaired) electrons. The smallest absolute Gasteiger partial charge is 0.255 e. The topological polar surface area (TPSA) is 49.4 Å². The van der Waals surface area contributed by atoms with E-state index < -0.39 is 0 Å². The van der Waals surface area contributed by atoms with Crippen LogP contribution in [0.3, 0.4) is 0 Å². The zero-order chi connectivity index (χ0) is 19.7. The first kappa shape index (κ1) is 18.0. The highest BCUT2D eigenvalue weighted by Gasteiger charge is 2.27. The van der Waals surface area contributed by atoms with Crippen molar-refractivity contribution in [1.29, 1.82) is 0 Å². The lowest BCUT2D eigenvalue weighted by Crippen LogP contribution is -2.14. The van der Waals surface area contributed by atoms with Gasteiger partial charge in [0.15, 0.2) is 5.78 Å². The highest BCUT2D eigenvalue weighted by atomic mass is 16.1. The maximum atomic E-state index is 12.6. The Hall–Kier alpha value is -3.40. The lowest BCUT2D eigenvalue weighted by atomic mass is 9.94. The minimum atomic E-state index is -0.205. The van der Waals surface area contributed by atoms with Crippen LogP contribution in [0.15, 0.2) is 66.7 Å². The fraction of sp³-hybridized carbons (Fsp3) is 0.167. The van der Waals surface area contributed by atoms with Crippen LogP contribution >= 0.6 is 0 Å². The fourth-order valence-corrected chi connectivity index (χ4v) is 3.82. The second-order valence-corrected chi connectivity index (χ2v) is 7.17. The molecule has 0 unspecified atom stereocenters. The maximum Gasteiger partial charge on any atom is 0.255 e. The van der Waals surface area contributed by atoms with Crippen LogP contribution in [0.1, 0.15) is 32.7 Å². The normalized spacial score (nSPS) is 12.6. The van der Waals surface area contributed by atoms with Gasteiger partial charge in [-0.1, -0.05) is 42.5 Å². The fourth-order valence-electron chi connectivity index (χ4n) is 3.82. The predicted octanol–water partition coefficient (Wildman–Crippen LogP) is 4.80. The molecule has 0 atom stereocenters. The summed E-state index contributed by atoms with van der Waals surface area (Å²) in [5.74, 6) is -0.119. The summed E-state index contributed by atoms with van der Waals surface area (Å²) in [5.41, 5.74) is 6.09. The number of ketones is 1. The van der Waals surface area contributed by atoms with Gasteiger partial charge in [0, 0.05) is 42.9 Å². The van der Waals surface area contributed by atoms with Crippen molar-refractivity contribution in [3.05, 3.63) is 83.4 Å². The number of carbonyl (C=O) groups is 2. The van der Waals surface area contributed by atoms with Gasteiger partial charge in [-0.2, -0.15) is 0 Å². The molecule has 0 saturated carbocycles. The van der Waals surface area contributed by atoms with Gasteiger partial charge in [0.05, 0.1) is 5.69 Å². The van der Waals surface area contributed by atoms with Gasteiger partial charge in [-0.05, 0) is 41.8 Å². The van der Waals surface area contributed by atoms with Gasteiger partial charge in [-0.15, -0.1) is 0 Å². The minimum Gasteiger partial charge on any atom is -0.377 e. The Bertz CT molecular complexity index is 1060. The zero-order valence-corrected chi connectivity index (χ0v) is 16.0. The van der Waals surface area contributed by atoms with Gasteiger partial charge in [-0.25, -0.2) is 0 Å². The summed E-state index contributed by atoms with van der Waals surface area (Å²) in [5, 5.41) is 2.93. The van der Waals surface area contributed by atoms with E-state index in [0.717, 1.165) is 22.4 Å². The maximum absolute atomic E-state index is 12.6. The van der Waals surface area contributed by atoms with Crippen LogP contribution in [-0.4, -0.2) is 25.8 Å². The Kier molecular flexibility index (Phi) is 4.70. The molecule has 0 bridgehead atoms. The third-order valence-electron chi connectivity index (χ3n) is 5.15. The van der Waals surface area contributed by atoms with Crippen LogP contribution in [0.4, 0.5) is 11.4 Å². The van der Waals surface area contributed by atoms with Crippen LogP contribution < -0.4 is 10.2 Å². The van der Waals surface area contributed by atoms with E-state index >= 15 is 0 Å². The third-order valence-corrected chi connectivity index (χ3v) is 5.15. The number of carbonyl (C=O) groups excluding carboxylic acids is 2. The zero-order valence-electron chi connectivity index (χ0n) is 16.0. The van der Waals surface area contributed by atoms with Crippen molar-refractivity contribution in [1.82, 2.24) is 0 Å². The molecule has 0 aromatic heterocycles. The Morgan fingerprint density at radius 1 is 0.857 bits per heavy atom. The summed E-state index contributed by atoms with van der Waals surface area (Å²) < 4.78 is 0.